The summed E-state index contributed by atoms with van der Waals surface area (Å²) in [7, 11) is 1.66. The largest absolute Gasteiger partial charge is 0.479 e. The summed E-state index contributed by atoms with van der Waals surface area (Å²) < 4.78 is 10.9. The molecule has 20 heavy (non-hydrogen) atoms. The van der Waals surface area contributed by atoms with Gasteiger partial charge in [-0.15, -0.1) is 0 Å². The van der Waals surface area contributed by atoms with Gasteiger partial charge in [0.25, 0.3) is 5.91 Å². The highest BCUT2D eigenvalue weighted by Gasteiger charge is 2.30. The SMILES string of the molecule is COC1CCN(C(=O)C(C)Oc2ccc(Cl)cc2Cl)C1. The first kappa shape index (κ1) is 15.4. The molecule has 2 rings (SSSR count). The van der Waals surface area contributed by atoms with Crippen molar-refractivity contribution in [2.75, 3.05) is 20.2 Å². The first-order valence-electron chi connectivity index (χ1n) is 6.44. The zero-order valence-corrected chi connectivity index (χ0v) is 12.9. The Hall–Kier alpha value is -0.970. The Kier molecular flexibility index (Phi) is 5.13. The summed E-state index contributed by atoms with van der Waals surface area (Å²) in [6.07, 6.45) is 0.381. The Morgan fingerprint density at radius 3 is 2.80 bits per heavy atom. The number of benzene rings is 1. The molecular weight excluding hydrogens is 301 g/mol. The maximum Gasteiger partial charge on any atom is 0.263 e. The van der Waals surface area contributed by atoms with Crippen molar-refractivity contribution in [1.82, 2.24) is 4.90 Å². The van der Waals surface area contributed by atoms with E-state index in [4.69, 9.17) is 32.7 Å². The van der Waals surface area contributed by atoms with E-state index < -0.39 is 6.10 Å². The number of amides is 1. The second-order valence-electron chi connectivity index (χ2n) is 4.77. The molecule has 1 aliphatic rings. The second-order valence-corrected chi connectivity index (χ2v) is 5.61. The zero-order valence-electron chi connectivity index (χ0n) is 11.4. The Balaban J connectivity index is 1.97. The lowest BCUT2D eigenvalue weighted by atomic mass is 10.3. The number of hydrogen-bond donors (Lipinski definition) is 0. The van der Waals surface area contributed by atoms with Crippen LogP contribution in [0.3, 0.4) is 0 Å². The highest BCUT2D eigenvalue weighted by atomic mass is 35.5. The van der Waals surface area contributed by atoms with Gasteiger partial charge in [-0.1, -0.05) is 23.2 Å². The highest BCUT2D eigenvalue weighted by molar-refractivity contribution is 6.35. The molecule has 2 atom stereocenters. The van der Waals surface area contributed by atoms with Gasteiger partial charge in [-0.2, -0.15) is 0 Å². The number of methoxy groups -OCH3 is 1. The van der Waals surface area contributed by atoms with E-state index in [0.29, 0.717) is 28.9 Å². The standard InChI is InChI=1S/C14H17Cl2NO3/c1-9(14(18)17-6-5-11(8-17)19-2)20-13-4-3-10(15)7-12(13)16/h3-4,7,9,11H,5-6,8H2,1-2H3. The fourth-order valence-electron chi connectivity index (χ4n) is 2.19. The maximum absolute atomic E-state index is 12.3. The monoisotopic (exact) mass is 317 g/mol. The molecular formula is C14H17Cl2NO3. The minimum atomic E-state index is -0.593. The molecule has 0 aliphatic carbocycles. The summed E-state index contributed by atoms with van der Waals surface area (Å²) in [4.78, 5) is 14.0. The van der Waals surface area contributed by atoms with Crippen LogP contribution in [0.5, 0.6) is 5.75 Å². The minimum absolute atomic E-state index is 0.0597. The number of nitrogens with zero attached hydrogens (tertiary/aromatic N) is 1. The van der Waals surface area contributed by atoms with Gasteiger partial charge >= 0.3 is 0 Å². The predicted octanol–water partition coefficient (Wildman–Crippen LogP) is 3.01. The van der Waals surface area contributed by atoms with Gasteiger partial charge in [0.2, 0.25) is 0 Å². The van der Waals surface area contributed by atoms with Crippen LogP contribution in [-0.4, -0.2) is 43.2 Å². The van der Waals surface area contributed by atoms with Gasteiger partial charge in [-0.25, -0.2) is 0 Å². The van der Waals surface area contributed by atoms with E-state index in [1.165, 1.54) is 0 Å². The number of likely N-dealkylation sites (tertiary alicyclic amines) is 1. The van der Waals surface area contributed by atoms with Gasteiger partial charge in [0.15, 0.2) is 6.10 Å². The lowest BCUT2D eigenvalue weighted by Crippen LogP contribution is -2.39. The smallest absolute Gasteiger partial charge is 0.263 e. The molecule has 6 heteroatoms. The van der Waals surface area contributed by atoms with Crippen LogP contribution in [-0.2, 0) is 9.53 Å². The molecule has 0 aromatic heterocycles. The summed E-state index contributed by atoms with van der Waals surface area (Å²) in [5, 5.41) is 0.928. The second kappa shape index (κ2) is 6.66. The zero-order chi connectivity index (χ0) is 14.7. The van der Waals surface area contributed by atoms with Crippen molar-refractivity contribution in [2.24, 2.45) is 0 Å². The fourth-order valence-corrected chi connectivity index (χ4v) is 2.64. The van der Waals surface area contributed by atoms with Crippen LogP contribution in [0, 0.1) is 0 Å². The molecule has 0 saturated carbocycles. The Labute approximate surface area is 128 Å². The molecule has 0 bridgehead atoms. The van der Waals surface area contributed by atoms with Crippen molar-refractivity contribution in [1.29, 1.82) is 0 Å². The van der Waals surface area contributed by atoms with Gasteiger partial charge in [-0.3, -0.25) is 4.79 Å². The van der Waals surface area contributed by atoms with E-state index in [2.05, 4.69) is 0 Å². The molecule has 1 amide bonds. The first-order valence-corrected chi connectivity index (χ1v) is 7.20. The van der Waals surface area contributed by atoms with Crippen LogP contribution in [0.4, 0.5) is 0 Å². The Bertz CT molecular complexity index is 495. The Morgan fingerprint density at radius 2 is 2.20 bits per heavy atom. The van der Waals surface area contributed by atoms with Crippen LogP contribution >= 0.6 is 23.2 Å². The van der Waals surface area contributed by atoms with Gasteiger partial charge in [0.05, 0.1) is 11.1 Å². The normalized spacial score (nSPS) is 20.0. The molecule has 1 fully saturated rings. The van der Waals surface area contributed by atoms with Gasteiger partial charge in [0, 0.05) is 25.2 Å². The average molecular weight is 318 g/mol. The minimum Gasteiger partial charge on any atom is -0.479 e. The van der Waals surface area contributed by atoms with Crippen LogP contribution in [0.15, 0.2) is 18.2 Å². The van der Waals surface area contributed by atoms with E-state index in [1.807, 2.05) is 0 Å². The van der Waals surface area contributed by atoms with Crippen molar-refractivity contribution >= 4 is 29.1 Å². The molecule has 0 spiro atoms. The van der Waals surface area contributed by atoms with Crippen LogP contribution in [0.2, 0.25) is 10.0 Å². The van der Waals surface area contributed by atoms with Crippen molar-refractivity contribution in [3.63, 3.8) is 0 Å². The van der Waals surface area contributed by atoms with Crippen molar-refractivity contribution in [2.45, 2.75) is 25.6 Å². The number of carbonyl (C=O) groups is 1. The summed E-state index contributed by atoms with van der Waals surface area (Å²) in [6.45, 7) is 3.02. The summed E-state index contributed by atoms with van der Waals surface area (Å²) in [5.41, 5.74) is 0. The predicted molar refractivity (Wildman–Crippen MR) is 78.5 cm³/mol. The van der Waals surface area contributed by atoms with E-state index in [-0.39, 0.29) is 12.0 Å². The van der Waals surface area contributed by atoms with Crippen LogP contribution < -0.4 is 4.74 Å². The number of halogens is 2. The van der Waals surface area contributed by atoms with E-state index in [0.717, 1.165) is 6.42 Å². The maximum atomic E-state index is 12.3. The summed E-state index contributed by atoms with van der Waals surface area (Å²) in [5.74, 6) is 0.398. The first-order chi connectivity index (χ1) is 9.51. The molecule has 1 heterocycles. The number of rotatable bonds is 4. The fraction of sp³-hybridized carbons (Fsp3) is 0.500. The molecule has 1 aromatic rings. The quantitative estimate of drug-likeness (QED) is 0.857. The third kappa shape index (κ3) is 3.57. The van der Waals surface area contributed by atoms with Crippen molar-refractivity contribution in [3.05, 3.63) is 28.2 Å². The average Bonchev–Trinajstić information content (AvgIpc) is 2.89. The summed E-state index contributed by atoms with van der Waals surface area (Å²) >= 11 is 11.9. The van der Waals surface area contributed by atoms with E-state index in [9.17, 15) is 4.79 Å². The van der Waals surface area contributed by atoms with Crippen molar-refractivity contribution in [3.8, 4) is 5.75 Å². The van der Waals surface area contributed by atoms with Gasteiger partial charge < -0.3 is 14.4 Å². The van der Waals surface area contributed by atoms with Crippen LogP contribution in [0.1, 0.15) is 13.3 Å². The number of hydrogen-bond acceptors (Lipinski definition) is 3. The van der Waals surface area contributed by atoms with Crippen LogP contribution in [0.25, 0.3) is 0 Å². The topological polar surface area (TPSA) is 38.8 Å². The van der Waals surface area contributed by atoms with E-state index in [1.54, 1.807) is 37.1 Å². The third-order valence-electron chi connectivity index (χ3n) is 3.34. The van der Waals surface area contributed by atoms with Gasteiger partial charge in [-0.05, 0) is 31.5 Å². The van der Waals surface area contributed by atoms with Gasteiger partial charge in [0.1, 0.15) is 5.75 Å². The molecule has 1 aromatic carbocycles. The Morgan fingerprint density at radius 1 is 1.45 bits per heavy atom. The molecule has 4 nitrogen and oxygen atoms in total. The highest BCUT2D eigenvalue weighted by Crippen LogP contribution is 2.28. The van der Waals surface area contributed by atoms with Crippen molar-refractivity contribution < 1.29 is 14.3 Å². The number of carbonyl (C=O) groups excluding carboxylic acids is 1. The molecule has 1 saturated heterocycles. The third-order valence-corrected chi connectivity index (χ3v) is 3.87. The molecule has 1 aliphatic heterocycles. The summed E-state index contributed by atoms with van der Waals surface area (Å²) in [6, 6.07) is 4.93. The molecule has 0 N–H and O–H groups in total. The lowest BCUT2D eigenvalue weighted by Gasteiger charge is -2.22. The molecule has 110 valence electrons. The van der Waals surface area contributed by atoms with E-state index >= 15 is 0 Å². The lowest BCUT2D eigenvalue weighted by molar-refractivity contribution is -0.137. The molecule has 0 radical (unpaired) electrons. The molecule has 2 unspecified atom stereocenters. The number of ether oxygens (including phenoxy) is 2.